The van der Waals surface area contributed by atoms with Crippen LogP contribution in [0.1, 0.15) is 17.2 Å². The van der Waals surface area contributed by atoms with Crippen LogP contribution in [-0.4, -0.2) is 36.1 Å². The summed E-state index contributed by atoms with van der Waals surface area (Å²) in [6.45, 7) is 3.73. The van der Waals surface area contributed by atoms with E-state index in [0.29, 0.717) is 0 Å². The molecule has 1 atom stereocenters. The number of aromatic nitrogens is 1. The van der Waals surface area contributed by atoms with Gasteiger partial charge in [-0.15, -0.1) is 11.3 Å². The Hall–Kier alpha value is -2.47. The summed E-state index contributed by atoms with van der Waals surface area (Å²) in [7, 11) is 0. The Kier molecular flexibility index (Phi) is 5.19. The van der Waals surface area contributed by atoms with Crippen LogP contribution in [-0.2, 0) is 6.42 Å². The molecule has 0 bridgehead atoms. The molecule has 1 unspecified atom stereocenters. The first-order valence-electron chi connectivity index (χ1n) is 10.1. The first-order valence-corrected chi connectivity index (χ1v) is 10.9. The van der Waals surface area contributed by atoms with E-state index < -0.39 is 0 Å². The van der Waals surface area contributed by atoms with Crippen molar-refractivity contribution >= 4 is 22.2 Å². The van der Waals surface area contributed by atoms with Crippen molar-refractivity contribution in [3.63, 3.8) is 0 Å². The summed E-state index contributed by atoms with van der Waals surface area (Å²) >= 11 is 1.77. The lowest BCUT2D eigenvalue weighted by molar-refractivity contribution is 0.200. The Morgan fingerprint density at radius 3 is 2.83 bits per heavy atom. The average Bonchev–Trinajstić information content (AvgIpc) is 3.43. The van der Waals surface area contributed by atoms with Crippen molar-refractivity contribution in [3.05, 3.63) is 83.1 Å². The van der Waals surface area contributed by atoms with E-state index in [1.807, 2.05) is 12.1 Å². The molecular formula is C24H23FN3S. The van der Waals surface area contributed by atoms with Gasteiger partial charge in [0, 0.05) is 53.7 Å². The van der Waals surface area contributed by atoms with Gasteiger partial charge in [-0.25, -0.2) is 9.71 Å². The van der Waals surface area contributed by atoms with Crippen LogP contribution in [0.15, 0.2) is 66.2 Å². The van der Waals surface area contributed by atoms with E-state index in [4.69, 9.17) is 5.32 Å². The van der Waals surface area contributed by atoms with Crippen molar-refractivity contribution in [2.75, 3.05) is 26.2 Å². The second-order valence-electron chi connectivity index (χ2n) is 7.55. The van der Waals surface area contributed by atoms with E-state index in [-0.39, 0.29) is 11.9 Å². The van der Waals surface area contributed by atoms with Crippen LogP contribution in [0.5, 0.6) is 0 Å². The van der Waals surface area contributed by atoms with Crippen LogP contribution in [0.25, 0.3) is 21.3 Å². The predicted molar refractivity (Wildman–Crippen MR) is 118 cm³/mol. The molecule has 0 amide bonds. The van der Waals surface area contributed by atoms with E-state index in [1.54, 1.807) is 23.5 Å². The van der Waals surface area contributed by atoms with Crippen LogP contribution in [0.3, 0.4) is 0 Å². The van der Waals surface area contributed by atoms with Crippen molar-refractivity contribution in [1.82, 2.24) is 15.2 Å². The average molecular weight is 405 g/mol. The lowest BCUT2D eigenvalue weighted by Crippen LogP contribution is -2.43. The molecule has 2 aromatic heterocycles. The number of aromatic amines is 1. The second-order valence-corrected chi connectivity index (χ2v) is 8.50. The Labute approximate surface area is 174 Å². The monoisotopic (exact) mass is 404 g/mol. The van der Waals surface area contributed by atoms with Gasteiger partial charge in [-0.3, -0.25) is 4.90 Å². The van der Waals surface area contributed by atoms with Gasteiger partial charge in [0.1, 0.15) is 5.82 Å². The molecule has 5 rings (SSSR count). The van der Waals surface area contributed by atoms with E-state index >= 15 is 0 Å². The van der Waals surface area contributed by atoms with Crippen LogP contribution >= 0.6 is 11.3 Å². The number of halogens is 1. The number of piperazine rings is 1. The Bertz CT molecular complexity index is 1090. The zero-order chi connectivity index (χ0) is 19.6. The maximum atomic E-state index is 13.1. The first-order chi connectivity index (χ1) is 14.3. The smallest absolute Gasteiger partial charge is 0.123 e. The highest BCUT2D eigenvalue weighted by Crippen LogP contribution is 2.37. The fourth-order valence-electron chi connectivity index (χ4n) is 4.20. The number of benzene rings is 2. The second kappa shape index (κ2) is 8.11. The highest BCUT2D eigenvalue weighted by Gasteiger charge is 2.24. The molecule has 4 aromatic rings. The summed E-state index contributed by atoms with van der Waals surface area (Å²) in [4.78, 5) is 7.21. The number of thiophene rings is 1. The van der Waals surface area contributed by atoms with Crippen molar-refractivity contribution in [1.29, 1.82) is 0 Å². The summed E-state index contributed by atoms with van der Waals surface area (Å²) in [5.74, 6) is -0.174. The van der Waals surface area contributed by atoms with Crippen molar-refractivity contribution in [2.45, 2.75) is 12.5 Å². The zero-order valence-corrected chi connectivity index (χ0v) is 17.0. The topological polar surface area (TPSA) is 33.1 Å². The summed E-state index contributed by atoms with van der Waals surface area (Å²) in [6.07, 6.45) is 3.05. The number of nitrogens with one attached hydrogen (secondary N) is 1. The summed E-state index contributed by atoms with van der Waals surface area (Å²) in [5, 5.41) is 8.39. The summed E-state index contributed by atoms with van der Waals surface area (Å²) in [5.41, 5.74) is 4.92. The van der Waals surface area contributed by atoms with Gasteiger partial charge in [0.05, 0.1) is 6.04 Å². The number of H-pyrrole nitrogens is 1. The molecule has 3 heterocycles. The summed E-state index contributed by atoms with van der Waals surface area (Å²) < 4.78 is 13.1. The normalized spacial score (nSPS) is 17.8. The lowest BCUT2D eigenvalue weighted by Gasteiger charge is -2.33. The number of fused-ring (bicyclic) bond motifs is 1. The third-order valence-electron chi connectivity index (χ3n) is 5.71. The fourth-order valence-corrected chi connectivity index (χ4v) is 4.95. The summed E-state index contributed by atoms with van der Waals surface area (Å²) in [6, 6.07) is 17.8. The van der Waals surface area contributed by atoms with Crippen LogP contribution < -0.4 is 5.32 Å². The highest BCUT2D eigenvalue weighted by molar-refractivity contribution is 7.13. The number of nitrogens with zero attached hydrogens (tertiary/aromatic N) is 2. The minimum absolute atomic E-state index is 0.174. The largest absolute Gasteiger partial charge is 0.361 e. The van der Waals surface area contributed by atoms with Crippen LogP contribution in [0.4, 0.5) is 4.39 Å². The van der Waals surface area contributed by atoms with E-state index in [1.165, 1.54) is 32.5 Å². The Morgan fingerprint density at radius 1 is 1.10 bits per heavy atom. The van der Waals surface area contributed by atoms with Crippen molar-refractivity contribution < 1.29 is 4.39 Å². The molecule has 1 radical (unpaired) electrons. The Balaban J connectivity index is 1.37. The molecule has 3 nitrogen and oxygen atoms in total. The van der Waals surface area contributed by atoms with Gasteiger partial charge in [-0.2, -0.15) is 0 Å². The van der Waals surface area contributed by atoms with Crippen molar-refractivity contribution in [3.8, 4) is 10.4 Å². The molecule has 0 saturated carbocycles. The van der Waals surface area contributed by atoms with Crippen molar-refractivity contribution in [2.24, 2.45) is 0 Å². The molecule has 147 valence electrons. The standard InChI is InChI=1S/C24H23FN3S/c25-18-8-6-17(7-9-18)10-12-28-13-11-26-22(16-28)19-3-1-4-21-24(19)20(15-27-21)23-5-2-14-29-23/h1-9,14-15,22,27H,10-13,16H2. The van der Waals surface area contributed by atoms with E-state index in [2.05, 4.69) is 51.8 Å². The molecule has 1 N–H and O–H groups in total. The molecule has 5 heteroatoms. The molecule has 0 aliphatic carbocycles. The molecular weight excluding hydrogens is 381 g/mol. The van der Waals surface area contributed by atoms with Crippen LogP contribution in [0.2, 0.25) is 0 Å². The molecule has 29 heavy (non-hydrogen) atoms. The predicted octanol–water partition coefficient (Wildman–Crippen LogP) is 5.24. The van der Waals surface area contributed by atoms with E-state index in [9.17, 15) is 4.39 Å². The van der Waals surface area contributed by atoms with Gasteiger partial charge in [0.2, 0.25) is 0 Å². The number of hydrogen-bond acceptors (Lipinski definition) is 2. The SMILES string of the molecule is Fc1ccc(CCN2CC[N]C(c3cccc4[nH]cc(-c5cccs5)c34)C2)cc1. The maximum Gasteiger partial charge on any atom is 0.123 e. The highest BCUT2D eigenvalue weighted by atomic mass is 32.1. The third kappa shape index (κ3) is 3.86. The van der Waals surface area contributed by atoms with Gasteiger partial charge in [-0.1, -0.05) is 30.3 Å². The van der Waals surface area contributed by atoms with Gasteiger partial charge >= 0.3 is 0 Å². The third-order valence-corrected chi connectivity index (χ3v) is 6.61. The quantitative estimate of drug-likeness (QED) is 0.485. The minimum Gasteiger partial charge on any atom is -0.361 e. The molecule has 1 saturated heterocycles. The zero-order valence-electron chi connectivity index (χ0n) is 16.1. The first kappa shape index (κ1) is 18.6. The molecule has 1 aliphatic rings. The minimum atomic E-state index is -0.174. The van der Waals surface area contributed by atoms with Gasteiger partial charge < -0.3 is 4.98 Å². The van der Waals surface area contributed by atoms with Gasteiger partial charge in [-0.05, 0) is 47.2 Å². The fraction of sp³-hybridized carbons (Fsp3) is 0.250. The Morgan fingerprint density at radius 2 is 2.00 bits per heavy atom. The number of rotatable bonds is 5. The molecule has 2 aromatic carbocycles. The van der Waals surface area contributed by atoms with E-state index in [0.717, 1.165) is 32.6 Å². The lowest BCUT2D eigenvalue weighted by atomic mass is 9.97. The van der Waals surface area contributed by atoms with Gasteiger partial charge in [0.15, 0.2) is 0 Å². The maximum absolute atomic E-state index is 13.1. The van der Waals surface area contributed by atoms with Gasteiger partial charge in [0.25, 0.3) is 0 Å². The molecule has 1 aliphatic heterocycles. The molecule has 0 spiro atoms. The number of hydrogen-bond donors (Lipinski definition) is 1. The van der Waals surface area contributed by atoms with Crippen LogP contribution in [0, 0.1) is 5.82 Å². The molecule has 1 fully saturated rings.